The van der Waals surface area contributed by atoms with Gasteiger partial charge in [-0.15, -0.1) is 0 Å². The predicted octanol–water partition coefficient (Wildman–Crippen LogP) is -2.20. The Balaban J connectivity index is 3.64. The van der Waals surface area contributed by atoms with Crippen molar-refractivity contribution in [2.75, 3.05) is 31.1 Å². The summed E-state index contributed by atoms with van der Waals surface area (Å²) in [6.45, 7) is 2.39. The average molecular weight is 259 g/mol. The second-order valence-corrected chi connectivity index (χ2v) is 6.59. The molecule has 0 heterocycles. The molecular formula is C6H17N3O4S2. The van der Waals surface area contributed by atoms with E-state index in [1.807, 2.05) is 0 Å². The fourth-order valence-corrected chi connectivity index (χ4v) is 2.26. The minimum absolute atomic E-state index is 0.0779. The predicted molar refractivity (Wildman–Crippen MR) is 58.3 cm³/mol. The summed E-state index contributed by atoms with van der Waals surface area (Å²) in [5.41, 5.74) is 0. The van der Waals surface area contributed by atoms with E-state index in [1.54, 1.807) is 6.92 Å². The van der Waals surface area contributed by atoms with Crippen LogP contribution in [0.15, 0.2) is 0 Å². The van der Waals surface area contributed by atoms with Gasteiger partial charge in [-0.2, -0.15) is 0 Å². The minimum Gasteiger partial charge on any atom is -0.315 e. The van der Waals surface area contributed by atoms with E-state index < -0.39 is 20.0 Å². The van der Waals surface area contributed by atoms with Crippen LogP contribution in [0.2, 0.25) is 0 Å². The SMILES string of the molecule is CCNS(=O)(=O)CCNCCS(N)(=O)=O. The maximum absolute atomic E-state index is 11.1. The molecule has 0 aromatic carbocycles. The van der Waals surface area contributed by atoms with Crippen LogP contribution in [0.4, 0.5) is 0 Å². The van der Waals surface area contributed by atoms with Gasteiger partial charge in [-0.3, -0.25) is 0 Å². The van der Waals surface area contributed by atoms with Gasteiger partial charge >= 0.3 is 0 Å². The van der Waals surface area contributed by atoms with Gasteiger partial charge in [0.1, 0.15) is 0 Å². The molecule has 0 fully saturated rings. The highest BCUT2D eigenvalue weighted by Crippen LogP contribution is 1.81. The van der Waals surface area contributed by atoms with Gasteiger partial charge in [-0.1, -0.05) is 6.92 Å². The number of sulfonamides is 2. The third-order valence-electron chi connectivity index (χ3n) is 1.48. The summed E-state index contributed by atoms with van der Waals surface area (Å²) >= 11 is 0. The second-order valence-electron chi connectivity index (χ2n) is 2.93. The summed E-state index contributed by atoms with van der Waals surface area (Å²) in [4.78, 5) is 0. The number of primary sulfonamides is 1. The minimum atomic E-state index is -3.48. The van der Waals surface area contributed by atoms with Crippen LogP contribution < -0.4 is 15.2 Å². The van der Waals surface area contributed by atoms with E-state index in [-0.39, 0.29) is 24.6 Å². The standard InChI is InChI=1S/C6H17N3O4S2/c1-2-9-15(12,13)6-4-8-3-5-14(7,10)11/h8-9H,2-6H2,1H3,(H2,7,10,11). The van der Waals surface area contributed by atoms with Crippen LogP contribution in [0, 0.1) is 0 Å². The molecule has 4 N–H and O–H groups in total. The first-order valence-electron chi connectivity index (χ1n) is 4.45. The van der Waals surface area contributed by atoms with Gasteiger partial charge < -0.3 is 5.32 Å². The van der Waals surface area contributed by atoms with Crippen molar-refractivity contribution in [1.29, 1.82) is 0 Å². The number of hydrogen-bond acceptors (Lipinski definition) is 5. The molecule has 0 bridgehead atoms. The molecule has 0 atom stereocenters. The third kappa shape index (κ3) is 10.1. The zero-order valence-electron chi connectivity index (χ0n) is 8.56. The van der Waals surface area contributed by atoms with E-state index in [2.05, 4.69) is 10.0 Å². The van der Waals surface area contributed by atoms with Crippen LogP contribution in [-0.2, 0) is 20.0 Å². The maximum Gasteiger partial charge on any atom is 0.212 e. The molecular weight excluding hydrogens is 242 g/mol. The molecule has 92 valence electrons. The number of nitrogens with one attached hydrogen (secondary N) is 2. The summed E-state index contributed by atoms with van der Waals surface area (Å²) < 4.78 is 45.5. The Hall–Kier alpha value is -0.220. The van der Waals surface area contributed by atoms with Gasteiger partial charge in [-0.25, -0.2) is 26.7 Å². The fraction of sp³-hybridized carbons (Fsp3) is 1.00. The van der Waals surface area contributed by atoms with E-state index in [9.17, 15) is 16.8 Å². The van der Waals surface area contributed by atoms with Gasteiger partial charge in [0.2, 0.25) is 20.0 Å². The van der Waals surface area contributed by atoms with Crippen LogP contribution in [-0.4, -0.2) is 48.0 Å². The normalized spacial score (nSPS) is 12.9. The molecule has 0 amide bonds. The molecule has 0 aliphatic heterocycles. The zero-order valence-corrected chi connectivity index (χ0v) is 10.2. The van der Waals surface area contributed by atoms with Gasteiger partial charge in [0.05, 0.1) is 11.5 Å². The maximum atomic E-state index is 11.1. The van der Waals surface area contributed by atoms with Crippen molar-refractivity contribution in [3.8, 4) is 0 Å². The highest BCUT2D eigenvalue weighted by atomic mass is 32.2. The molecule has 7 nitrogen and oxygen atoms in total. The number of nitrogens with two attached hydrogens (primary N) is 1. The lowest BCUT2D eigenvalue weighted by molar-refractivity contribution is 0.579. The highest BCUT2D eigenvalue weighted by Gasteiger charge is 2.07. The van der Waals surface area contributed by atoms with E-state index in [0.29, 0.717) is 6.54 Å². The number of hydrogen-bond donors (Lipinski definition) is 3. The Morgan fingerprint density at radius 2 is 1.60 bits per heavy atom. The third-order valence-corrected chi connectivity index (χ3v) is 3.72. The first-order chi connectivity index (χ1) is 6.77. The summed E-state index contributed by atoms with van der Waals surface area (Å²) in [5.74, 6) is -0.278. The summed E-state index contributed by atoms with van der Waals surface area (Å²) in [6, 6.07) is 0. The van der Waals surface area contributed by atoms with Crippen molar-refractivity contribution < 1.29 is 16.8 Å². The molecule has 9 heteroatoms. The molecule has 0 aromatic heterocycles. The first-order valence-corrected chi connectivity index (χ1v) is 7.82. The highest BCUT2D eigenvalue weighted by molar-refractivity contribution is 7.89. The van der Waals surface area contributed by atoms with Crippen molar-refractivity contribution in [2.24, 2.45) is 5.14 Å². The molecule has 0 aliphatic carbocycles. The Kier molecular flexibility index (Phi) is 6.29. The first kappa shape index (κ1) is 14.8. The van der Waals surface area contributed by atoms with Gasteiger partial charge in [0.15, 0.2) is 0 Å². The zero-order chi connectivity index (χ0) is 11.9. The molecule has 0 rings (SSSR count). The fourth-order valence-electron chi connectivity index (χ4n) is 0.838. The van der Waals surface area contributed by atoms with Crippen LogP contribution in [0.25, 0.3) is 0 Å². The van der Waals surface area contributed by atoms with Crippen LogP contribution >= 0.6 is 0 Å². The topological polar surface area (TPSA) is 118 Å². The van der Waals surface area contributed by atoms with Crippen LogP contribution in [0.5, 0.6) is 0 Å². The molecule has 0 unspecified atom stereocenters. The molecule has 0 saturated carbocycles. The van der Waals surface area contributed by atoms with E-state index in [1.165, 1.54) is 0 Å². The Bertz CT molecular complexity index is 362. The quantitative estimate of drug-likeness (QED) is 0.428. The summed E-state index contributed by atoms with van der Waals surface area (Å²) in [6.07, 6.45) is 0. The van der Waals surface area contributed by atoms with Crippen molar-refractivity contribution in [3.05, 3.63) is 0 Å². The lowest BCUT2D eigenvalue weighted by atomic mass is 10.7. The van der Waals surface area contributed by atoms with Gasteiger partial charge in [0.25, 0.3) is 0 Å². The molecule has 0 aromatic rings. The monoisotopic (exact) mass is 259 g/mol. The van der Waals surface area contributed by atoms with Crippen molar-refractivity contribution >= 4 is 20.0 Å². The van der Waals surface area contributed by atoms with E-state index in [0.717, 1.165) is 0 Å². The molecule has 0 aliphatic rings. The smallest absolute Gasteiger partial charge is 0.212 e. The van der Waals surface area contributed by atoms with Crippen molar-refractivity contribution in [3.63, 3.8) is 0 Å². The van der Waals surface area contributed by atoms with Gasteiger partial charge in [-0.05, 0) is 0 Å². The summed E-state index contributed by atoms with van der Waals surface area (Å²) in [5, 5.41) is 7.43. The van der Waals surface area contributed by atoms with Crippen LogP contribution in [0.1, 0.15) is 6.92 Å². The largest absolute Gasteiger partial charge is 0.315 e. The van der Waals surface area contributed by atoms with E-state index in [4.69, 9.17) is 5.14 Å². The molecule has 0 spiro atoms. The molecule has 0 saturated heterocycles. The lowest BCUT2D eigenvalue weighted by Crippen LogP contribution is -2.34. The molecule has 0 radical (unpaired) electrons. The Morgan fingerprint density at radius 3 is 2.07 bits per heavy atom. The van der Waals surface area contributed by atoms with Crippen molar-refractivity contribution in [1.82, 2.24) is 10.0 Å². The van der Waals surface area contributed by atoms with Crippen molar-refractivity contribution in [2.45, 2.75) is 6.92 Å². The van der Waals surface area contributed by atoms with Gasteiger partial charge in [0, 0.05) is 19.6 Å². The number of rotatable bonds is 8. The summed E-state index contributed by atoms with van der Waals surface area (Å²) in [7, 11) is -6.72. The Labute approximate surface area is 90.5 Å². The second kappa shape index (κ2) is 6.38. The van der Waals surface area contributed by atoms with Crippen LogP contribution in [0.3, 0.4) is 0 Å². The lowest BCUT2D eigenvalue weighted by Gasteiger charge is -2.05. The average Bonchev–Trinajstić information content (AvgIpc) is 2.00. The Morgan fingerprint density at radius 1 is 1.07 bits per heavy atom. The molecule has 15 heavy (non-hydrogen) atoms. The van der Waals surface area contributed by atoms with E-state index >= 15 is 0 Å².